The minimum atomic E-state index is -0.273. The largest absolute Gasteiger partial charge is 0.337 e. The summed E-state index contributed by atoms with van der Waals surface area (Å²) in [7, 11) is 0. The lowest BCUT2D eigenvalue weighted by Crippen LogP contribution is -2.50. The smallest absolute Gasteiger partial charge is 0.253 e. The Hall–Kier alpha value is -2.44. The van der Waals surface area contributed by atoms with Crippen LogP contribution in [0.1, 0.15) is 48.5 Å². The first-order chi connectivity index (χ1) is 16.0. The number of rotatable bonds is 10. The van der Waals surface area contributed by atoms with Gasteiger partial charge in [-0.05, 0) is 48.4 Å². The summed E-state index contributed by atoms with van der Waals surface area (Å²) in [5.74, 6) is -0.106. The van der Waals surface area contributed by atoms with Gasteiger partial charge in [0.2, 0.25) is 5.91 Å². The number of benzene rings is 2. The third-order valence-corrected chi connectivity index (χ3v) is 6.32. The summed E-state index contributed by atoms with van der Waals surface area (Å²) >= 11 is 5.92. The molecule has 0 saturated carbocycles. The topological polar surface area (TPSA) is 43.9 Å². The number of unbranched alkanes of at least 4 members (excludes halogenated alkanes) is 2. The predicted molar refractivity (Wildman–Crippen MR) is 130 cm³/mol. The fraction of sp³-hybridized carbons (Fsp3) is 0.462. The van der Waals surface area contributed by atoms with E-state index < -0.39 is 0 Å². The molecule has 0 spiro atoms. The molecule has 0 aromatic heterocycles. The van der Waals surface area contributed by atoms with Crippen molar-refractivity contribution in [2.24, 2.45) is 0 Å². The van der Waals surface area contributed by atoms with Gasteiger partial charge in [0.05, 0.1) is 0 Å². The lowest BCUT2D eigenvalue weighted by molar-refractivity contribution is -0.132. The highest BCUT2D eigenvalue weighted by molar-refractivity contribution is 6.30. The molecular formula is C26H33ClFN3O2. The lowest BCUT2D eigenvalue weighted by atomic mass is 10.1. The Morgan fingerprint density at radius 2 is 1.64 bits per heavy atom. The van der Waals surface area contributed by atoms with E-state index in [0.717, 1.165) is 44.5 Å². The van der Waals surface area contributed by atoms with Crippen LogP contribution in [-0.2, 0) is 11.3 Å². The molecule has 2 amide bonds. The van der Waals surface area contributed by atoms with Crippen molar-refractivity contribution in [3.8, 4) is 0 Å². The highest BCUT2D eigenvalue weighted by Crippen LogP contribution is 2.14. The van der Waals surface area contributed by atoms with Crippen LogP contribution in [0, 0.1) is 5.82 Å². The van der Waals surface area contributed by atoms with Gasteiger partial charge in [-0.15, -0.1) is 0 Å². The minimum Gasteiger partial charge on any atom is -0.337 e. The lowest BCUT2D eigenvalue weighted by Gasteiger charge is -2.36. The van der Waals surface area contributed by atoms with Gasteiger partial charge in [-0.2, -0.15) is 0 Å². The maximum atomic E-state index is 13.3. The summed E-state index contributed by atoms with van der Waals surface area (Å²) in [6, 6.07) is 13.3. The minimum absolute atomic E-state index is 0.0235. The second-order valence-electron chi connectivity index (χ2n) is 8.54. The van der Waals surface area contributed by atoms with Crippen LogP contribution in [-0.4, -0.2) is 65.8 Å². The van der Waals surface area contributed by atoms with E-state index in [1.54, 1.807) is 36.4 Å². The molecule has 1 fully saturated rings. The van der Waals surface area contributed by atoms with Gasteiger partial charge in [0, 0.05) is 62.8 Å². The molecule has 3 rings (SSSR count). The van der Waals surface area contributed by atoms with Gasteiger partial charge in [0.1, 0.15) is 5.82 Å². The number of piperazine rings is 1. The van der Waals surface area contributed by atoms with Crippen molar-refractivity contribution in [2.75, 3.05) is 39.3 Å². The summed E-state index contributed by atoms with van der Waals surface area (Å²) in [5, 5.41) is 0.616. The molecule has 178 valence electrons. The molecule has 1 aliphatic heterocycles. The molecule has 1 heterocycles. The van der Waals surface area contributed by atoms with Crippen molar-refractivity contribution in [2.45, 2.75) is 39.2 Å². The molecule has 0 aliphatic carbocycles. The van der Waals surface area contributed by atoms with Gasteiger partial charge < -0.3 is 9.80 Å². The molecule has 0 unspecified atom stereocenters. The van der Waals surface area contributed by atoms with Gasteiger partial charge in [0.15, 0.2) is 0 Å². The Morgan fingerprint density at radius 3 is 2.27 bits per heavy atom. The van der Waals surface area contributed by atoms with Crippen LogP contribution in [0.5, 0.6) is 0 Å². The highest BCUT2D eigenvalue weighted by Gasteiger charge is 2.23. The summed E-state index contributed by atoms with van der Waals surface area (Å²) < 4.78 is 13.3. The quantitative estimate of drug-likeness (QED) is 0.463. The first kappa shape index (κ1) is 25.2. The van der Waals surface area contributed by atoms with Crippen LogP contribution in [0.4, 0.5) is 4.39 Å². The number of carbonyl (C=O) groups excluding carboxylic acids is 2. The SMILES string of the molecule is CCCCCC(=O)N(CCN1CCN(C(=O)c2ccc(Cl)cc2)CC1)Cc1ccc(F)cc1. The molecule has 2 aromatic rings. The molecule has 0 atom stereocenters. The Labute approximate surface area is 201 Å². The third-order valence-electron chi connectivity index (χ3n) is 6.07. The van der Waals surface area contributed by atoms with E-state index in [9.17, 15) is 14.0 Å². The van der Waals surface area contributed by atoms with Gasteiger partial charge in [0.25, 0.3) is 5.91 Å². The molecule has 1 aliphatic rings. The second-order valence-corrected chi connectivity index (χ2v) is 8.98. The Morgan fingerprint density at radius 1 is 0.970 bits per heavy atom. The summed E-state index contributed by atoms with van der Waals surface area (Å²) in [6.45, 7) is 6.84. The van der Waals surface area contributed by atoms with E-state index in [2.05, 4.69) is 11.8 Å². The standard InChI is InChI=1S/C26H33ClFN3O2/c1-2-3-4-5-25(32)31(20-21-6-12-24(28)13-7-21)19-16-29-14-17-30(18-15-29)26(33)22-8-10-23(27)11-9-22/h6-13H,2-5,14-20H2,1H3. The predicted octanol–water partition coefficient (Wildman–Crippen LogP) is 4.85. The number of hydrogen-bond donors (Lipinski definition) is 0. The van der Waals surface area contributed by atoms with E-state index in [0.29, 0.717) is 43.2 Å². The molecule has 5 nitrogen and oxygen atoms in total. The van der Waals surface area contributed by atoms with E-state index >= 15 is 0 Å². The summed E-state index contributed by atoms with van der Waals surface area (Å²) in [5.41, 5.74) is 1.58. The zero-order chi connectivity index (χ0) is 23.6. The van der Waals surface area contributed by atoms with Crippen molar-refractivity contribution in [3.63, 3.8) is 0 Å². The maximum Gasteiger partial charge on any atom is 0.253 e. The van der Waals surface area contributed by atoms with E-state index in [1.807, 2.05) is 9.80 Å². The van der Waals surface area contributed by atoms with E-state index in [4.69, 9.17) is 11.6 Å². The van der Waals surface area contributed by atoms with Crippen molar-refractivity contribution < 1.29 is 14.0 Å². The monoisotopic (exact) mass is 473 g/mol. The van der Waals surface area contributed by atoms with Gasteiger partial charge in [-0.1, -0.05) is 43.5 Å². The molecular weight excluding hydrogens is 441 g/mol. The first-order valence-electron chi connectivity index (χ1n) is 11.8. The third kappa shape index (κ3) is 7.83. The Bertz CT molecular complexity index is 897. The van der Waals surface area contributed by atoms with Crippen LogP contribution >= 0.6 is 11.6 Å². The van der Waals surface area contributed by atoms with E-state index in [1.165, 1.54) is 12.1 Å². The molecule has 33 heavy (non-hydrogen) atoms. The number of halogens is 2. The zero-order valence-corrected chi connectivity index (χ0v) is 20.1. The fourth-order valence-electron chi connectivity index (χ4n) is 4.00. The number of hydrogen-bond acceptors (Lipinski definition) is 3. The normalized spacial score (nSPS) is 14.3. The average Bonchev–Trinajstić information content (AvgIpc) is 2.83. The van der Waals surface area contributed by atoms with Crippen LogP contribution in [0.3, 0.4) is 0 Å². The van der Waals surface area contributed by atoms with Crippen LogP contribution in [0.25, 0.3) is 0 Å². The fourth-order valence-corrected chi connectivity index (χ4v) is 4.12. The molecule has 0 radical (unpaired) electrons. The van der Waals surface area contributed by atoms with Crippen LogP contribution in [0.2, 0.25) is 5.02 Å². The molecule has 1 saturated heterocycles. The number of amides is 2. The second kappa shape index (κ2) is 12.7. The molecule has 0 N–H and O–H groups in total. The molecule has 2 aromatic carbocycles. The van der Waals surface area contributed by atoms with Crippen molar-refractivity contribution in [1.29, 1.82) is 0 Å². The summed E-state index contributed by atoms with van der Waals surface area (Å²) in [6.07, 6.45) is 3.54. The molecule has 0 bridgehead atoms. The average molecular weight is 474 g/mol. The van der Waals surface area contributed by atoms with Crippen LogP contribution < -0.4 is 0 Å². The van der Waals surface area contributed by atoms with Crippen LogP contribution in [0.15, 0.2) is 48.5 Å². The van der Waals surface area contributed by atoms with Gasteiger partial charge >= 0.3 is 0 Å². The Balaban J connectivity index is 1.52. The first-order valence-corrected chi connectivity index (χ1v) is 12.1. The molecule has 7 heteroatoms. The Kier molecular flexibility index (Phi) is 9.70. The van der Waals surface area contributed by atoms with Gasteiger partial charge in [-0.3, -0.25) is 14.5 Å². The highest BCUT2D eigenvalue weighted by atomic mass is 35.5. The number of nitrogens with zero attached hydrogens (tertiary/aromatic N) is 3. The van der Waals surface area contributed by atoms with Crippen molar-refractivity contribution in [1.82, 2.24) is 14.7 Å². The maximum absolute atomic E-state index is 13.3. The van der Waals surface area contributed by atoms with Crippen molar-refractivity contribution in [3.05, 3.63) is 70.5 Å². The van der Waals surface area contributed by atoms with E-state index in [-0.39, 0.29) is 17.6 Å². The summed E-state index contributed by atoms with van der Waals surface area (Å²) in [4.78, 5) is 31.6. The van der Waals surface area contributed by atoms with Crippen molar-refractivity contribution >= 4 is 23.4 Å². The zero-order valence-electron chi connectivity index (χ0n) is 19.3. The van der Waals surface area contributed by atoms with Gasteiger partial charge in [-0.25, -0.2) is 4.39 Å². The number of carbonyl (C=O) groups is 2.